The molecule has 1 aromatic heterocycles. The predicted molar refractivity (Wildman–Crippen MR) is 89.6 cm³/mol. The van der Waals surface area contributed by atoms with E-state index in [0.29, 0.717) is 17.6 Å². The van der Waals surface area contributed by atoms with E-state index in [-0.39, 0.29) is 18.6 Å². The van der Waals surface area contributed by atoms with Crippen LogP contribution in [0.25, 0.3) is 11.0 Å². The van der Waals surface area contributed by atoms with Gasteiger partial charge in [-0.1, -0.05) is 0 Å². The normalized spacial score (nSPS) is 22.2. The van der Waals surface area contributed by atoms with Crippen LogP contribution in [-0.4, -0.2) is 75.1 Å². The van der Waals surface area contributed by atoms with Crippen molar-refractivity contribution in [3.8, 4) is 0 Å². The molecule has 0 radical (unpaired) electrons. The van der Waals surface area contributed by atoms with Crippen molar-refractivity contribution in [1.29, 1.82) is 0 Å². The number of amides is 1. The number of aliphatic hydroxyl groups excluding tert-OH is 1. The molecule has 4 rings (SSSR count). The number of aromatic amines is 1. The van der Waals surface area contributed by atoms with E-state index in [0.717, 1.165) is 37.5 Å². The summed E-state index contributed by atoms with van der Waals surface area (Å²) in [5.41, 5.74) is 2.12. The zero-order chi connectivity index (χ0) is 16.5. The fourth-order valence-electron chi connectivity index (χ4n) is 3.53. The molecule has 2 heterocycles. The molecule has 1 amide bonds. The SMILES string of the molecule is O=C(c1ccc2n[nH]nc2c1)N1CCN(CC2CC2)C(CCO)C1. The molecule has 1 saturated heterocycles. The van der Waals surface area contributed by atoms with Crippen LogP contribution in [-0.2, 0) is 0 Å². The molecular weight excluding hydrogens is 306 g/mol. The highest BCUT2D eigenvalue weighted by Gasteiger charge is 2.33. The van der Waals surface area contributed by atoms with E-state index in [1.165, 1.54) is 12.8 Å². The van der Waals surface area contributed by atoms with Gasteiger partial charge in [0.25, 0.3) is 5.91 Å². The maximum atomic E-state index is 12.8. The van der Waals surface area contributed by atoms with Crippen molar-refractivity contribution >= 4 is 16.9 Å². The number of aliphatic hydroxyl groups is 1. The van der Waals surface area contributed by atoms with Gasteiger partial charge in [0.1, 0.15) is 11.0 Å². The number of nitrogens with zero attached hydrogens (tertiary/aromatic N) is 4. The molecule has 2 aliphatic rings. The second kappa shape index (κ2) is 6.49. The van der Waals surface area contributed by atoms with Gasteiger partial charge in [-0.25, -0.2) is 0 Å². The van der Waals surface area contributed by atoms with Crippen LogP contribution >= 0.6 is 0 Å². The molecule has 7 nitrogen and oxygen atoms in total. The number of benzene rings is 1. The summed E-state index contributed by atoms with van der Waals surface area (Å²) >= 11 is 0. The van der Waals surface area contributed by atoms with E-state index in [9.17, 15) is 9.90 Å². The van der Waals surface area contributed by atoms with Gasteiger partial charge >= 0.3 is 0 Å². The summed E-state index contributed by atoms with van der Waals surface area (Å²) < 4.78 is 0. The van der Waals surface area contributed by atoms with Gasteiger partial charge in [-0.3, -0.25) is 9.69 Å². The lowest BCUT2D eigenvalue weighted by atomic mass is 10.1. The fraction of sp³-hybridized carbons (Fsp3) is 0.588. The highest BCUT2D eigenvalue weighted by atomic mass is 16.3. The number of fused-ring (bicyclic) bond motifs is 1. The third-order valence-electron chi connectivity index (χ3n) is 5.11. The van der Waals surface area contributed by atoms with Crippen molar-refractivity contribution < 1.29 is 9.90 Å². The molecule has 7 heteroatoms. The second-order valence-electron chi connectivity index (χ2n) is 6.88. The molecule has 2 aromatic rings. The topological polar surface area (TPSA) is 85.4 Å². The molecule has 2 N–H and O–H groups in total. The van der Waals surface area contributed by atoms with Gasteiger partial charge in [-0.15, -0.1) is 0 Å². The molecule has 1 aliphatic carbocycles. The van der Waals surface area contributed by atoms with E-state index >= 15 is 0 Å². The van der Waals surface area contributed by atoms with Gasteiger partial charge in [0, 0.05) is 44.4 Å². The minimum absolute atomic E-state index is 0.0360. The van der Waals surface area contributed by atoms with E-state index in [1.54, 1.807) is 6.07 Å². The number of piperazine rings is 1. The summed E-state index contributed by atoms with van der Waals surface area (Å²) in [6.45, 7) is 3.59. The zero-order valence-electron chi connectivity index (χ0n) is 13.7. The minimum Gasteiger partial charge on any atom is -0.396 e. The zero-order valence-corrected chi connectivity index (χ0v) is 13.7. The number of carbonyl (C=O) groups is 1. The van der Waals surface area contributed by atoms with Gasteiger partial charge in [0.2, 0.25) is 0 Å². The first-order valence-corrected chi connectivity index (χ1v) is 8.69. The van der Waals surface area contributed by atoms with Gasteiger partial charge in [0.15, 0.2) is 0 Å². The quantitative estimate of drug-likeness (QED) is 0.850. The van der Waals surface area contributed by atoms with Crippen molar-refractivity contribution in [1.82, 2.24) is 25.2 Å². The van der Waals surface area contributed by atoms with Crippen LogP contribution in [0.5, 0.6) is 0 Å². The van der Waals surface area contributed by atoms with Crippen molar-refractivity contribution in [2.24, 2.45) is 5.92 Å². The summed E-state index contributed by atoms with van der Waals surface area (Å²) in [4.78, 5) is 17.2. The Morgan fingerprint density at radius 1 is 1.25 bits per heavy atom. The van der Waals surface area contributed by atoms with E-state index in [1.807, 2.05) is 17.0 Å². The first kappa shape index (κ1) is 15.5. The number of H-pyrrole nitrogens is 1. The molecule has 128 valence electrons. The highest BCUT2D eigenvalue weighted by Crippen LogP contribution is 2.31. The second-order valence-corrected chi connectivity index (χ2v) is 6.88. The number of hydrogen-bond donors (Lipinski definition) is 2. The molecule has 0 spiro atoms. The number of rotatable bonds is 5. The van der Waals surface area contributed by atoms with Crippen LogP contribution in [0.2, 0.25) is 0 Å². The third kappa shape index (κ3) is 3.14. The summed E-state index contributed by atoms with van der Waals surface area (Å²) in [6.07, 6.45) is 3.37. The average molecular weight is 329 g/mol. The molecular formula is C17H23N5O2. The summed E-state index contributed by atoms with van der Waals surface area (Å²) in [7, 11) is 0. The van der Waals surface area contributed by atoms with Crippen molar-refractivity contribution in [2.75, 3.05) is 32.8 Å². The average Bonchev–Trinajstić information content (AvgIpc) is 3.29. The maximum absolute atomic E-state index is 12.8. The Kier molecular flexibility index (Phi) is 4.20. The van der Waals surface area contributed by atoms with Crippen LogP contribution < -0.4 is 0 Å². The first-order valence-electron chi connectivity index (χ1n) is 8.69. The largest absolute Gasteiger partial charge is 0.396 e. The van der Waals surface area contributed by atoms with Gasteiger partial charge in [-0.05, 0) is 43.4 Å². The first-order chi connectivity index (χ1) is 11.7. The molecule has 1 aliphatic heterocycles. The number of hydrogen-bond acceptors (Lipinski definition) is 5. The maximum Gasteiger partial charge on any atom is 0.254 e. The fourth-order valence-corrected chi connectivity index (χ4v) is 3.53. The van der Waals surface area contributed by atoms with Crippen LogP contribution in [0.1, 0.15) is 29.6 Å². The Balaban J connectivity index is 1.47. The van der Waals surface area contributed by atoms with Crippen LogP contribution in [0.15, 0.2) is 18.2 Å². The molecule has 1 unspecified atom stereocenters. The molecule has 1 aromatic carbocycles. The lowest BCUT2D eigenvalue weighted by molar-refractivity contribution is 0.0407. The van der Waals surface area contributed by atoms with Crippen molar-refractivity contribution in [2.45, 2.75) is 25.3 Å². The number of nitrogens with one attached hydrogen (secondary N) is 1. The van der Waals surface area contributed by atoms with Crippen LogP contribution in [0.3, 0.4) is 0 Å². The summed E-state index contributed by atoms with van der Waals surface area (Å²) in [5, 5.41) is 20.0. The Morgan fingerprint density at radius 3 is 2.88 bits per heavy atom. The van der Waals surface area contributed by atoms with E-state index in [4.69, 9.17) is 0 Å². The van der Waals surface area contributed by atoms with Gasteiger partial charge < -0.3 is 10.0 Å². The Hall–Kier alpha value is -1.99. The molecule has 0 bridgehead atoms. The Labute approximate surface area is 140 Å². The van der Waals surface area contributed by atoms with E-state index < -0.39 is 0 Å². The lowest BCUT2D eigenvalue weighted by Gasteiger charge is -2.41. The standard InChI is InChI=1S/C17H23N5O2/c23-8-5-14-11-22(7-6-21(14)10-12-1-2-12)17(24)13-3-4-15-16(9-13)19-20-18-15/h3-4,9,12,14,23H,1-2,5-8,10-11H2,(H,18,19,20). The monoisotopic (exact) mass is 329 g/mol. The predicted octanol–water partition coefficient (Wildman–Crippen LogP) is 0.877. The number of aromatic nitrogens is 3. The Bertz CT molecular complexity index is 727. The Morgan fingerprint density at radius 2 is 2.08 bits per heavy atom. The van der Waals surface area contributed by atoms with Crippen molar-refractivity contribution in [3.05, 3.63) is 23.8 Å². The molecule has 1 atom stereocenters. The number of carbonyl (C=O) groups excluding carboxylic acids is 1. The summed E-state index contributed by atoms with van der Waals surface area (Å²) in [5.74, 6) is 0.858. The van der Waals surface area contributed by atoms with Gasteiger partial charge in [-0.2, -0.15) is 15.4 Å². The lowest BCUT2D eigenvalue weighted by Crippen LogP contribution is -2.55. The van der Waals surface area contributed by atoms with Crippen LogP contribution in [0, 0.1) is 5.92 Å². The highest BCUT2D eigenvalue weighted by molar-refractivity contribution is 5.97. The van der Waals surface area contributed by atoms with Crippen LogP contribution in [0.4, 0.5) is 0 Å². The smallest absolute Gasteiger partial charge is 0.254 e. The third-order valence-corrected chi connectivity index (χ3v) is 5.11. The summed E-state index contributed by atoms with van der Waals surface area (Å²) in [6, 6.07) is 5.67. The van der Waals surface area contributed by atoms with Gasteiger partial charge in [0.05, 0.1) is 0 Å². The molecule has 1 saturated carbocycles. The minimum atomic E-state index is 0.0360. The van der Waals surface area contributed by atoms with Crippen molar-refractivity contribution in [3.63, 3.8) is 0 Å². The molecule has 2 fully saturated rings. The molecule has 24 heavy (non-hydrogen) atoms. The van der Waals surface area contributed by atoms with E-state index in [2.05, 4.69) is 20.3 Å².